The highest BCUT2D eigenvalue weighted by Gasteiger charge is 2.56. The summed E-state index contributed by atoms with van der Waals surface area (Å²) in [6.07, 6.45) is 3.14. The van der Waals surface area contributed by atoms with Gasteiger partial charge in [0.15, 0.2) is 5.54 Å². The van der Waals surface area contributed by atoms with Crippen molar-refractivity contribution in [3.8, 4) is 0 Å². The fourth-order valence-electron chi connectivity index (χ4n) is 2.80. The summed E-state index contributed by atoms with van der Waals surface area (Å²) in [4.78, 5) is 24.9. The van der Waals surface area contributed by atoms with E-state index in [2.05, 4.69) is 0 Å². The Bertz CT molecular complexity index is 456. The number of carboxylic acid groups (broad SMARTS) is 1. The molecule has 102 valence electrons. The van der Waals surface area contributed by atoms with E-state index < -0.39 is 11.5 Å². The van der Waals surface area contributed by atoms with Crippen LogP contribution in [0.2, 0.25) is 0 Å². The van der Waals surface area contributed by atoms with Gasteiger partial charge in [0.2, 0.25) is 6.41 Å². The number of aliphatic carboxylic acids is 1. The Labute approximate surface area is 113 Å². The van der Waals surface area contributed by atoms with Gasteiger partial charge in [-0.2, -0.15) is 0 Å². The first kappa shape index (κ1) is 13.6. The molecule has 4 nitrogen and oxygen atoms in total. The van der Waals surface area contributed by atoms with Crippen LogP contribution in [0.25, 0.3) is 0 Å². The fraction of sp³-hybridized carbons (Fsp3) is 0.467. The van der Waals surface area contributed by atoms with Crippen LogP contribution in [-0.4, -0.2) is 28.9 Å². The van der Waals surface area contributed by atoms with Gasteiger partial charge in [-0.3, -0.25) is 4.79 Å². The van der Waals surface area contributed by atoms with Crippen LogP contribution >= 0.6 is 0 Å². The van der Waals surface area contributed by atoms with Crippen LogP contribution in [-0.2, 0) is 15.1 Å². The standard InChI is InChI=1S/C15H19NO3/c1-2-10-16(11-17)15(14(18)19,13-8-9-13)12-6-4-3-5-7-12/h3-7,11,13H,2,8-10H2,1H3,(H,18,19). The molecular weight excluding hydrogens is 242 g/mol. The van der Waals surface area contributed by atoms with Gasteiger partial charge in [-0.05, 0) is 30.7 Å². The van der Waals surface area contributed by atoms with Crippen LogP contribution in [0.4, 0.5) is 0 Å². The molecule has 0 aliphatic heterocycles. The predicted octanol–water partition coefficient (Wildman–Crippen LogP) is 2.24. The van der Waals surface area contributed by atoms with Crippen molar-refractivity contribution in [2.24, 2.45) is 5.92 Å². The first-order chi connectivity index (χ1) is 9.17. The average molecular weight is 261 g/mol. The van der Waals surface area contributed by atoms with Crippen molar-refractivity contribution in [1.29, 1.82) is 0 Å². The van der Waals surface area contributed by atoms with Crippen LogP contribution in [0.15, 0.2) is 30.3 Å². The summed E-state index contributed by atoms with van der Waals surface area (Å²) in [6.45, 7) is 2.40. The van der Waals surface area contributed by atoms with Crippen LogP contribution in [0, 0.1) is 5.92 Å². The molecule has 0 saturated heterocycles. The minimum Gasteiger partial charge on any atom is -0.479 e. The number of rotatable bonds is 7. The lowest BCUT2D eigenvalue weighted by Gasteiger charge is -2.39. The Hall–Kier alpha value is -1.84. The summed E-state index contributed by atoms with van der Waals surface area (Å²) < 4.78 is 0. The summed E-state index contributed by atoms with van der Waals surface area (Å²) in [6, 6.07) is 9.11. The van der Waals surface area contributed by atoms with Gasteiger partial charge in [-0.1, -0.05) is 37.3 Å². The monoisotopic (exact) mass is 261 g/mol. The molecule has 2 rings (SSSR count). The maximum atomic E-state index is 12.0. The number of nitrogens with zero attached hydrogens (tertiary/aromatic N) is 1. The lowest BCUT2D eigenvalue weighted by atomic mass is 9.83. The number of carbonyl (C=O) groups excluding carboxylic acids is 1. The molecule has 1 aliphatic rings. The molecule has 19 heavy (non-hydrogen) atoms. The number of hydrogen-bond acceptors (Lipinski definition) is 2. The Balaban J connectivity index is 2.53. The highest BCUT2D eigenvalue weighted by Crippen LogP contribution is 2.49. The van der Waals surface area contributed by atoms with Gasteiger partial charge in [0.1, 0.15) is 0 Å². The maximum Gasteiger partial charge on any atom is 0.334 e. The van der Waals surface area contributed by atoms with Crippen molar-refractivity contribution in [1.82, 2.24) is 4.90 Å². The third-order valence-electron chi connectivity index (χ3n) is 3.75. The highest BCUT2D eigenvalue weighted by atomic mass is 16.4. The third kappa shape index (κ3) is 2.23. The first-order valence-electron chi connectivity index (χ1n) is 6.68. The van der Waals surface area contributed by atoms with Gasteiger partial charge in [0, 0.05) is 6.54 Å². The summed E-state index contributed by atoms with van der Waals surface area (Å²) in [7, 11) is 0. The maximum absolute atomic E-state index is 12.0. The fourth-order valence-corrected chi connectivity index (χ4v) is 2.80. The van der Waals surface area contributed by atoms with Crippen molar-refractivity contribution in [2.75, 3.05) is 6.54 Å². The van der Waals surface area contributed by atoms with E-state index in [9.17, 15) is 14.7 Å². The van der Waals surface area contributed by atoms with E-state index in [0.29, 0.717) is 18.5 Å². The van der Waals surface area contributed by atoms with Gasteiger partial charge in [-0.25, -0.2) is 4.79 Å². The molecule has 0 heterocycles. The molecule has 1 fully saturated rings. The summed E-state index contributed by atoms with van der Waals surface area (Å²) in [5.74, 6) is -0.911. The van der Waals surface area contributed by atoms with Gasteiger partial charge in [-0.15, -0.1) is 0 Å². The zero-order valence-electron chi connectivity index (χ0n) is 11.1. The zero-order valence-corrected chi connectivity index (χ0v) is 11.1. The predicted molar refractivity (Wildman–Crippen MR) is 71.5 cm³/mol. The molecular formula is C15H19NO3. The number of carbonyl (C=O) groups is 2. The van der Waals surface area contributed by atoms with Crippen molar-refractivity contribution in [2.45, 2.75) is 31.7 Å². The van der Waals surface area contributed by atoms with Crippen molar-refractivity contribution >= 4 is 12.4 Å². The number of benzene rings is 1. The summed E-state index contributed by atoms with van der Waals surface area (Å²) in [5.41, 5.74) is -0.496. The smallest absolute Gasteiger partial charge is 0.334 e. The van der Waals surface area contributed by atoms with E-state index in [4.69, 9.17) is 0 Å². The lowest BCUT2D eigenvalue weighted by Crippen LogP contribution is -2.53. The zero-order chi connectivity index (χ0) is 13.9. The number of amides is 1. The third-order valence-corrected chi connectivity index (χ3v) is 3.75. The van der Waals surface area contributed by atoms with Crippen molar-refractivity contribution in [3.63, 3.8) is 0 Å². The molecule has 1 aromatic carbocycles. The largest absolute Gasteiger partial charge is 0.479 e. The van der Waals surface area contributed by atoms with Crippen LogP contribution in [0.1, 0.15) is 31.7 Å². The normalized spacial score (nSPS) is 17.5. The van der Waals surface area contributed by atoms with Crippen LogP contribution in [0.5, 0.6) is 0 Å². The van der Waals surface area contributed by atoms with Crippen LogP contribution < -0.4 is 0 Å². The second-order valence-electron chi connectivity index (χ2n) is 5.01. The van der Waals surface area contributed by atoms with E-state index in [1.807, 2.05) is 25.1 Å². The Morgan fingerprint density at radius 1 is 1.42 bits per heavy atom. The van der Waals surface area contributed by atoms with Crippen molar-refractivity contribution in [3.05, 3.63) is 35.9 Å². The molecule has 0 bridgehead atoms. The van der Waals surface area contributed by atoms with Gasteiger partial charge >= 0.3 is 5.97 Å². The molecule has 0 radical (unpaired) electrons. The van der Waals surface area contributed by atoms with E-state index in [0.717, 1.165) is 19.3 Å². The van der Waals surface area contributed by atoms with E-state index in [1.54, 1.807) is 12.1 Å². The van der Waals surface area contributed by atoms with E-state index >= 15 is 0 Å². The molecule has 1 unspecified atom stereocenters. The minimum absolute atomic E-state index is 0.0177. The second kappa shape index (κ2) is 5.43. The summed E-state index contributed by atoms with van der Waals surface area (Å²) >= 11 is 0. The SMILES string of the molecule is CCCN(C=O)C(C(=O)O)(c1ccccc1)C1CC1. The van der Waals surface area contributed by atoms with E-state index in [-0.39, 0.29) is 5.92 Å². The quantitative estimate of drug-likeness (QED) is 0.766. The molecule has 1 atom stereocenters. The van der Waals surface area contributed by atoms with Crippen LogP contribution in [0.3, 0.4) is 0 Å². The molecule has 0 aromatic heterocycles. The lowest BCUT2D eigenvalue weighted by molar-refractivity contribution is -0.158. The molecule has 4 heteroatoms. The number of hydrogen-bond donors (Lipinski definition) is 1. The minimum atomic E-state index is -1.20. The molecule has 1 N–H and O–H groups in total. The van der Waals surface area contributed by atoms with Gasteiger partial charge in [0.05, 0.1) is 0 Å². The number of carboxylic acids is 1. The molecule has 0 spiro atoms. The Morgan fingerprint density at radius 3 is 2.47 bits per heavy atom. The second-order valence-corrected chi connectivity index (χ2v) is 5.01. The molecule has 1 aliphatic carbocycles. The Kier molecular flexibility index (Phi) is 3.88. The Morgan fingerprint density at radius 2 is 2.05 bits per heavy atom. The average Bonchev–Trinajstić information content (AvgIpc) is 3.24. The first-order valence-corrected chi connectivity index (χ1v) is 6.68. The molecule has 1 saturated carbocycles. The molecule has 1 aromatic rings. The van der Waals surface area contributed by atoms with Gasteiger partial charge in [0.25, 0.3) is 0 Å². The van der Waals surface area contributed by atoms with E-state index in [1.165, 1.54) is 4.90 Å². The highest BCUT2D eigenvalue weighted by molar-refractivity contribution is 5.84. The van der Waals surface area contributed by atoms with Gasteiger partial charge < -0.3 is 10.0 Å². The molecule has 1 amide bonds. The van der Waals surface area contributed by atoms with Crippen molar-refractivity contribution < 1.29 is 14.7 Å². The topological polar surface area (TPSA) is 57.6 Å². The summed E-state index contributed by atoms with van der Waals surface area (Å²) in [5, 5.41) is 9.82.